The number of carbonyl (C=O) groups is 2. The predicted octanol–water partition coefficient (Wildman–Crippen LogP) is 2.68. The number of rotatable bonds is 6. The van der Waals surface area contributed by atoms with E-state index in [0.717, 1.165) is 25.7 Å². The van der Waals surface area contributed by atoms with Crippen LogP contribution in [-0.4, -0.2) is 35.5 Å². The Labute approximate surface area is 115 Å². The second-order valence-electron chi connectivity index (χ2n) is 5.08. The molecule has 0 heterocycles. The summed E-state index contributed by atoms with van der Waals surface area (Å²) in [7, 11) is 0. The van der Waals surface area contributed by atoms with Crippen molar-refractivity contribution in [1.29, 1.82) is 0 Å². The minimum Gasteiger partial charge on any atom is -0.461 e. The third kappa shape index (κ3) is 4.69. The molecule has 108 valence electrons. The van der Waals surface area contributed by atoms with Crippen molar-refractivity contribution in [3.8, 4) is 0 Å². The highest BCUT2D eigenvalue weighted by molar-refractivity contribution is 5.83. The van der Waals surface area contributed by atoms with Gasteiger partial charge < -0.3 is 9.64 Å². The molecule has 1 aliphatic rings. The molecule has 0 aromatic heterocycles. The Morgan fingerprint density at radius 1 is 1.37 bits per heavy atom. The molecule has 0 spiro atoms. The lowest BCUT2D eigenvalue weighted by Crippen LogP contribution is -2.45. The summed E-state index contributed by atoms with van der Waals surface area (Å²) in [6, 6.07) is -0.488. The second-order valence-corrected chi connectivity index (χ2v) is 5.08. The first kappa shape index (κ1) is 15.7. The predicted molar refractivity (Wildman–Crippen MR) is 74.6 cm³/mol. The van der Waals surface area contributed by atoms with Crippen LogP contribution >= 0.6 is 0 Å². The van der Waals surface area contributed by atoms with E-state index in [1.807, 2.05) is 6.92 Å². The molecule has 1 rings (SSSR count). The number of nitrogens with zero attached hydrogens (tertiary/aromatic N) is 1. The molecule has 19 heavy (non-hydrogen) atoms. The van der Waals surface area contributed by atoms with Gasteiger partial charge in [0.25, 0.3) is 0 Å². The zero-order chi connectivity index (χ0) is 14.3. The molecule has 1 amide bonds. The van der Waals surface area contributed by atoms with Crippen molar-refractivity contribution in [3.63, 3.8) is 0 Å². The Bertz CT molecular complexity index is 321. The van der Waals surface area contributed by atoms with Gasteiger partial charge in [0.2, 0.25) is 5.91 Å². The summed E-state index contributed by atoms with van der Waals surface area (Å²) in [4.78, 5) is 25.3. The molecule has 0 bridgehead atoms. The van der Waals surface area contributed by atoms with Crippen LogP contribution in [0.15, 0.2) is 12.7 Å². The Balaban J connectivity index is 2.62. The van der Waals surface area contributed by atoms with Crippen LogP contribution in [0.4, 0.5) is 0 Å². The van der Waals surface area contributed by atoms with E-state index in [-0.39, 0.29) is 18.0 Å². The SMILES string of the molecule is C=CCN(C(C)=O)C(CC)C(=O)OC1CCCCC1. The van der Waals surface area contributed by atoms with Crippen LogP contribution in [0.5, 0.6) is 0 Å². The number of hydrogen-bond acceptors (Lipinski definition) is 3. The van der Waals surface area contributed by atoms with Gasteiger partial charge in [-0.1, -0.05) is 19.4 Å². The Kier molecular flexibility index (Phi) is 6.60. The zero-order valence-corrected chi connectivity index (χ0v) is 12.1. The fourth-order valence-electron chi connectivity index (χ4n) is 2.55. The average Bonchev–Trinajstić information content (AvgIpc) is 2.39. The molecule has 1 saturated carbocycles. The van der Waals surface area contributed by atoms with Gasteiger partial charge >= 0.3 is 5.97 Å². The van der Waals surface area contributed by atoms with Crippen molar-refractivity contribution in [1.82, 2.24) is 4.90 Å². The van der Waals surface area contributed by atoms with Crippen molar-refractivity contribution in [2.24, 2.45) is 0 Å². The average molecular weight is 267 g/mol. The standard InChI is InChI=1S/C15H25NO3/c1-4-11-16(12(3)17)14(5-2)15(18)19-13-9-7-6-8-10-13/h4,13-14H,1,5-11H2,2-3H3. The molecule has 0 radical (unpaired) electrons. The first-order chi connectivity index (χ1) is 9.10. The molecular formula is C15H25NO3. The van der Waals surface area contributed by atoms with Crippen molar-refractivity contribution in [3.05, 3.63) is 12.7 Å². The monoisotopic (exact) mass is 267 g/mol. The van der Waals surface area contributed by atoms with E-state index >= 15 is 0 Å². The van der Waals surface area contributed by atoms with Gasteiger partial charge in [0.1, 0.15) is 12.1 Å². The summed E-state index contributed by atoms with van der Waals surface area (Å²) in [6.45, 7) is 7.38. The number of amides is 1. The van der Waals surface area contributed by atoms with Crippen LogP contribution in [0.3, 0.4) is 0 Å². The van der Waals surface area contributed by atoms with Crippen molar-refractivity contribution >= 4 is 11.9 Å². The largest absolute Gasteiger partial charge is 0.461 e. The third-order valence-corrected chi connectivity index (χ3v) is 3.60. The molecule has 4 nitrogen and oxygen atoms in total. The maximum atomic E-state index is 12.2. The summed E-state index contributed by atoms with van der Waals surface area (Å²) in [6.07, 6.45) is 7.61. The smallest absolute Gasteiger partial charge is 0.329 e. The Hall–Kier alpha value is -1.32. The summed E-state index contributed by atoms with van der Waals surface area (Å²) in [5.41, 5.74) is 0. The summed E-state index contributed by atoms with van der Waals surface area (Å²) < 4.78 is 5.55. The number of esters is 1. The second kappa shape index (κ2) is 7.97. The van der Waals surface area contributed by atoms with Crippen LogP contribution in [0.1, 0.15) is 52.4 Å². The van der Waals surface area contributed by atoms with E-state index in [9.17, 15) is 9.59 Å². The van der Waals surface area contributed by atoms with E-state index < -0.39 is 6.04 Å². The molecule has 1 aliphatic carbocycles. The number of carbonyl (C=O) groups excluding carboxylic acids is 2. The maximum Gasteiger partial charge on any atom is 0.329 e. The molecule has 1 atom stereocenters. The van der Waals surface area contributed by atoms with Gasteiger partial charge in [-0.25, -0.2) is 4.79 Å². The summed E-state index contributed by atoms with van der Waals surface area (Å²) in [5.74, 6) is -0.390. The third-order valence-electron chi connectivity index (χ3n) is 3.60. The van der Waals surface area contributed by atoms with Crippen molar-refractivity contribution < 1.29 is 14.3 Å². The van der Waals surface area contributed by atoms with E-state index in [2.05, 4.69) is 6.58 Å². The first-order valence-electron chi connectivity index (χ1n) is 7.18. The summed E-state index contributed by atoms with van der Waals surface area (Å²) >= 11 is 0. The molecule has 1 unspecified atom stereocenters. The van der Waals surface area contributed by atoms with Gasteiger partial charge in [-0.3, -0.25) is 4.79 Å². The molecule has 0 saturated heterocycles. The fraction of sp³-hybridized carbons (Fsp3) is 0.733. The molecule has 0 N–H and O–H groups in total. The van der Waals surface area contributed by atoms with Crippen molar-refractivity contribution in [2.75, 3.05) is 6.54 Å². The highest BCUT2D eigenvalue weighted by Gasteiger charge is 2.29. The van der Waals surface area contributed by atoms with Crippen LogP contribution in [0, 0.1) is 0 Å². The quantitative estimate of drug-likeness (QED) is 0.549. The van der Waals surface area contributed by atoms with Gasteiger partial charge in [-0.15, -0.1) is 6.58 Å². The highest BCUT2D eigenvalue weighted by Crippen LogP contribution is 2.21. The number of ether oxygens (including phenoxy) is 1. The molecular weight excluding hydrogens is 242 g/mol. The van der Waals surface area contributed by atoms with E-state index in [0.29, 0.717) is 13.0 Å². The van der Waals surface area contributed by atoms with Crippen LogP contribution in [0.25, 0.3) is 0 Å². The lowest BCUT2D eigenvalue weighted by molar-refractivity contribution is -0.160. The van der Waals surface area contributed by atoms with Gasteiger partial charge in [0.15, 0.2) is 0 Å². The first-order valence-corrected chi connectivity index (χ1v) is 7.18. The minimum atomic E-state index is -0.488. The molecule has 0 aromatic rings. The van der Waals surface area contributed by atoms with E-state index in [1.54, 1.807) is 6.08 Å². The maximum absolute atomic E-state index is 12.2. The van der Waals surface area contributed by atoms with Gasteiger partial charge in [0, 0.05) is 13.5 Å². The normalized spacial score (nSPS) is 17.6. The van der Waals surface area contributed by atoms with E-state index in [1.165, 1.54) is 18.2 Å². The van der Waals surface area contributed by atoms with Crippen LogP contribution in [0.2, 0.25) is 0 Å². The lowest BCUT2D eigenvalue weighted by atomic mass is 9.98. The van der Waals surface area contributed by atoms with E-state index in [4.69, 9.17) is 4.74 Å². The zero-order valence-electron chi connectivity index (χ0n) is 12.1. The highest BCUT2D eigenvalue weighted by atomic mass is 16.5. The fourth-order valence-corrected chi connectivity index (χ4v) is 2.55. The number of hydrogen-bond donors (Lipinski definition) is 0. The Morgan fingerprint density at radius 3 is 2.47 bits per heavy atom. The molecule has 0 aliphatic heterocycles. The minimum absolute atomic E-state index is 0.0350. The van der Waals surface area contributed by atoms with Crippen LogP contribution < -0.4 is 0 Å². The van der Waals surface area contributed by atoms with Crippen molar-refractivity contribution in [2.45, 2.75) is 64.5 Å². The van der Waals surface area contributed by atoms with Gasteiger partial charge in [-0.05, 0) is 32.1 Å². The Morgan fingerprint density at radius 2 is 2.00 bits per heavy atom. The molecule has 4 heteroatoms. The summed E-state index contributed by atoms with van der Waals surface area (Å²) in [5, 5.41) is 0. The van der Waals surface area contributed by atoms with Gasteiger partial charge in [-0.2, -0.15) is 0 Å². The molecule has 0 aromatic carbocycles. The lowest BCUT2D eigenvalue weighted by Gasteiger charge is -2.30. The topological polar surface area (TPSA) is 46.6 Å². The van der Waals surface area contributed by atoms with Crippen LogP contribution in [-0.2, 0) is 14.3 Å². The molecule has 1 fully saturated rings. The van der Waals surface area contributed by atoms with Gasteiger partial charge in [0.05, 0.1) is 0 Å².